The van der Waals surface area contributed by atoms with E-state index in [0.717, 1.165) is 37.7 Å². The zero-order valence-electron chi connectivity index (χ0n) is 15.9. The number of halogens is 3. The summed E-state index contributed by atoms with van der Waals surface area (Å²) in [7, 11) is 1.77. The maximum atomic E-state index is 13.2. The molecular weight excluding hydrogens is 386 g/mol. The Labute approximate surface area is 168 Å². The lowest BCUT2D eigenvalue weighted by Gasteiger charge is -2.38. The Morgan fingerprint density at radius 3 is 2.36 bits per heavy atom. The van der Waals surface area contributed by atoms with Gasteiger partial charge in [-0.2, -0.15) is 0 Å². The lowest BCUT2D eigenvalue weighted by atomic mass is 10.0. The first-order chi connectivity index (χ1) is 13.3. The van der Waals surface area contributed by atoms with Crippen molar-refractivity contribution < 1.29 is 18.3 Å². The highest BCUT2D eigenvalue weighted by atomic mass is 35.5. The third-order valence-electron chi connectivity index (χ3n) is 5.10. The number of hydrogen-bond donors (Lipinski definition) is 0. The summed E-state index contributed by atoms with van der Waals surface area (Å²) in [5, 5.41) is 0.134. The van der Waals surface area contributed by atoms with Gasteiger partial charge in [-0.3, -0.25) is 4.79 Å². The minimum atomic E-state index is -0.733. The third kappa shape index (κ3) is 4.73. The number of amides is 1. The van der Waals surface area contributed by atoms with Gasteiger partial charge in [0.15, 0.2) is 6.10 Å². The standard InChI is InChI=1S/C21H23ClF2N2O2/c1-14(28-20-8-5-16(24)13-19(20)22)21(27)25(2)17-9-11-26(12-10-17)18-6-3-15(23)4-7-18/h3-8,13-14,17H,9-12H2,1-2H3. The van der Waals surface area contributed by atoms with Gasteiger partial charge in [-0.05, 0) is 62.2 Å². The van der Waals surface area contributed by atoms with Crippen LogP contribution in [-0.2, 0) is 4.79 Å². The molecule has 2 aromatic carbocycles. The van der Waals surface area contributed by atoms with E-state index < -0.39 is 11.9 Å². The Morgan fingerprint density at radius 2 is 1.75 bits per heavy atom. The van der Waals surface area contributed by atoms with Gasteiger partial charge in [-0.15, -0.1) is 0 Å². The van der Waals surface area contributed by atoms with Gasteiger partial charge >= 0.3 is 0 Å². The van der Waals surface area contributed by atoms with E-state index in [2.05, 4.69) is 4.90 Å². The van der Waals surface area contributed by atoms with Crippen molar-refractivity contribution in [1.29, 1.82) is 0 Å². The van der Waals surface area contributed by atoms with Gasteiger partial charge in [0.1, 0.15) is 17.4 Å². The van der Waals surface area contributed by atoms with E-state index in [0.29, 0.717) is 0 Å². The molecule has 7 heteroatoms. The number of piperidine rings is 1. The van der Waals surface area contributed by atoms with Gasteiger partial charge in [0, 0.05) is 31.9 Å². The summed E-state index contributed by atoms with van der Waals surface area (Å²) in [4.78, 5) is 16.6. The van der Waals surface area contributed by atoms with Gasteiger partial charge in [0.25, 0.3) is 5.91 Å². The predicted octanol–water partition coefficient (Wildman–Crippen LogP) is 4.51. The van der Waals surface area contributed by atoms with E-state index in [9.17, 15) is 13.6 Å². The molecule has 150 valence electrons. The highest BCUT2D eigenvalue weighted by molar-refractivity contribution is 6.32. The van der Waals surface area contributed by atoms with Crippen molar-refractivity contribution in [1.82, 2.24) is 4.90 Å². The minimum Gasteiger partial charge on any atom is -0.479 e. The van der Waals surface area contributed by atoms with Crippen LogP contribution in [0.2, 0.25) is 5.02 Å². The Morgan fingerprint density at radius 1 is 1.14 bits per heavy atom. The van der Waals surface area contributed by atoms with Gasteiger partial charge in [0.05, 0.1) is 5.02 Å². The molecule has 2 aromatic rings. The molecule has 28 heavy (non-hydrogen) atoms. The number of carbonyl (C=O) groups is 1. The highest BCUT2D eigenvalue weighted by Gasteiger charge is 2.29. The first-order valence-corrected chi connectivity index (χ1v) is 9.62. The number of anilines is 1. The molecule has 3 rings (SSSR count). The number of hydrogen-bond acceptors (Lipinski definition) is 3. The van der Waals surface area contributed by atoms with Crippen LogP contribution >= 0.6 is 11.6 Å². The molecule has 0 bridgehead atoms. The topological polar surface area (TPSA) is 32.8 Å². The maximum absolute atomic E-state index is 13.2. The second kappa shape index (κ2) is 8.78. The van der Waals surface area contributed by atoms with Crippen molar-refractivity contribution >= 4 is 23.2 Å². The zero-order chi connectivity index (χ0) is 20.3. The van der Waals surface area contributed by atoms with Crippen molar-refractivity contribution in [2.24, 2.45) is 0 Å². The van der Waals surface area contributed by atoms with Gasteiger partial charge in [-0.1, -0.05) is 11.6 Å². The molecule has 0 N–H and O–H groups in total. The molecule has 0 radical (unpaired) electrons. The quantitative estimate of drug-likeness (QED) is 0.729. The van der Waals surface area contributed by atoms with Gasteiger partial charge < -0.3 is 14.5 Å². The fourth-order valence-electron chi connectivity index (χ4n) is 3.44. The third-order valence-corrected chi connectivity index (χ3v) is 5.39. The summed E-state index contributed by atoms with van der Waals surface area (Å²) < 4.78 is 31.9. The minimum absolute atomic E-state index is 0.0962. The van der Waals surface area contributed by atoms with Crippen molar-refractivity contribution in [3.63, 3.8) is 0 Å². The lowest BCUT2D eigenvalue weighted by Crippen LogP contribution is -2.49. The van der Waals surface area contributed by atoms with E-state index in [1.807, 2.05) is 0 Å². The van der Waals surface area contributed by atoms with Crippen LogP contribution < -0.4 is 9.64 Å². The first-order valence-electron chi connectivity index (χ1n) is 9.24. The Hall–Kier alpha value is -2.34. The molecule has 1 heterocycles. The molecule has 1 atom stereocenters. The van der Waals surface area contributed by atoms with Crippen LogP contribution in [-0.4, -0.2) is 43.1 Å². The normalized spacial score (nSPS) is 16.0. The Kier molecular flexibility index (Phi) is 6.39. The average Bonchev–Trinajstić information content (AvgIpc) is 2.69. The summed E-state index contributed by atoms with van der Waals surface area (Å²) in [6.07, 6.45) is 0.885. The largest absolute Gasteiger partial charge is 0.479 e. The summed E-state index contributed by atoms with van der Waals surface area (Å²) in [5.74, 6) is -0.579. The van der Waals surface area contributed by atoms with Crippen LogP contribution in [0.5, 0.6) is 5.75 Å². The summed E-state index contributed by atoms with van der Waals surface area (Å²) in [5.41, 5.74) is 0.983. The summed E-state index contributed by atoms with van der Waals surface area (Å²) >= 11 is 5.97. The fraction of sp³-hybridized carbons (Fsp3) is 0.381. The number of carbonyl (C=O) groups excluding carboxylic acids is 1. The molecule has 1 amide bonds. The second-order valence-corrected chi connectivity index (χ2v) is 7.39. The molecule has 1 aliphatic heterocycles. The lowest BCUT2D eigenvalue weighted by molar-refractivity contribution is -0.139. The Bertz CT molecular complexity index is 824. The van der Waals surface area contributed by atoms with Gasteiger partial charge in [-0.25, -0.2) is 8.78 Å². The van der Waals surface area contributed by atoms with Crippen LogP contribution in [0.15, 0.2) is 42.5 Å². The van der Waals surface area contributed by atoms with E-state index in [1.165, 1.54) is 24.3 Å². The van der Waals surface area contributed by atoms with Crippen LogP contribution in [0.1, 0.15) is 19.8 Å². The van der Waals surface area contributed by atoms with Crippen molar-refractivity contribution in [2.75, 3.05) is 25.0 Å². The number of benzene rings is 2. The first kappa shape index (κ1) is 20.4. The number of rotatable bonds is 5. The zero-order valence-corrected chi connectivity index (χ0v) is 16.6. The van der Waals surface area contributed by atoms with Crippen molar-refractivity contribution in [2.45, 2.75) is 31.9 Å². The monoisotopic (exact) mass is 408 g/mol. The number of likely N-dealkylation sites (N-methyl/N-ethyl adjacent to an activating group) is 1. The fourth-order valence-corrected chi connectivity index (χ4v) is 3.65. The molecule has 0 aliphatic carbocycles. The molecule has 1 aliphatic rings. The van der Waals surface area contributed by atoms with E-state index in [4.69, 9.17) is 16.3 Å². The van der Waals surface area contributed by atoms with Crippen LogP contribution in [0.3, 0.4) is 0 Å². The molecule has 0 aromatic heterocycles. The van der Waals surface area contributed by atoms with Crippen LogP contribution in [0, 0.1) is 11.6 Å². The number of nitrogens with zero attached hydrogens (tertiary/aromatic N) is 2. The van der Waals surface area contributed by atoms with E-state index >= 15 is 0 Å². The van der Waals surface area contributed by atoms with E-state index in [1.54, 1.807) is 31.0 Å². The number of ether oxygens (including phenoxy) is 1. The average molecular weight is 409 g/mol. The van der Waals surface area contributed by atoms with Gasteiger partial charge in [0.2, 0.25) is 0 Å². The predicted molar refractivity (Wildman–Crippen MR) is 106 cm³/mol. The molecular formula is C21H23ClF2N2O2. The molecule has 4 nitrogen and oxygen atoms in total. The SMILES string of the molecule is CC(Oc1ccc(F)cc1Cl)C(=O)N(C)C1CCN(c2ccc(F)cc2)CC1. The molecule has 1 fully saturated rings. The van der Waals surface area contributed by atoms with E-state index in [-0.39, 0.29) is 28.5 Å². The smallest absolute Gasteiger partial charge is 0.263 e. The van der Waals surface area contributed by atoms with Crippen LogP contribution in [0.25, 0.3) is 0 Å². The summed E-state index contributed by atoms with van der Waals surface area (Å²) in [6.45, 7) is 3.23. The molecule has 0 saturated carbocycles. The summed E-state index contributed by atoms with van der Waals surface area (Å²) in [6, 6.07) is 10.4. The highest BCUT2D eigenvalue weighted by Crippen LogP contribution is 2.27. The Balaban J connectivity index is 1.55. The van der Waals surface area contributed by atoms with Crippen molar-refractivity contribution in [3.8, 4) is 5.75 Å². The molecule has 1 unspecified atom stereocenters. The second-order valence-electron chi connectivity index (χ2n) is 6.98. The molecule has 1 saturated heterocycles. The van der Waals surface area contributed by atoms with Crippen LogP contribution in [0.4, 0.5) is 14.5 Å². The maximum Gasteiger partial charge on any atom is 0.263 e. The van der Waals surface area contributed by atoms with Crippen molar-refractivity contribution in [3.05, 3.63) is 59.1 Å². The molecule has 0 spiro atoms.